The van der Waals surface area contributed by atoms with E-state index in [9.17, 15) is 9.18 Å². The molecule has 3 aromatic rings. The number of hydrogen-bond donors (Lipinski definition) is 2. The fourth-order valence-electron chi connectivity index (χ4n) is 4.32. The summed E-state index contributed by atoms with van der Waals surface area (Å²) in [7, 11) is 3.78. The fourth-order valence-corrected chi connectivity index (χ4v) is 5.09. The lowest BCUT2D eigenvalue weighted by Crippen LogP contribution is -2.60. The van der Waals surface area contributed by atoms with Gasteiger partial charge in [-0.3, -0.25) is 9.89 Å². The van der Waals surface area contributed by atoms with Crippen LogP contribution >= 0.6 is 11.8 Å². The number of H-pyrrole nitrogens is 1. The van der Waals surface area contributed by atoms with Gasteiger partial charge in [0.1, 0.15) is 17.3 Å². The normalized spacial score (nSPS) is 16.9. The van der Waals surface area contributed by atoms with Crippen LogP contribution in [0.2, 0.25) is 0 Å². The van der Waals surface area contributed by atoms with Gasteiger partial charge in [0.2, 0.25) is 0 Å². The molecular formula is C25H30FN7OS. The molecule has 0 spiro atoms. The van der Waals surface area contributed by atoms with E-state index in [2.05, 4.69) is 20.5 Å². The zero-order chi connectivity index (χ0) is 24.6. The summed E-state index contributed by atoms with van der Waals surface area (Å²) in [6.07, 6.45) is 2.38. The summed E-state index contributed by atoms with van der Waals surface area (Å²) in [5.41, 5.74) is 0.826. The Morgan fingerprint density at radius 2 is 1.94 bits per heavy atom. The van der Waals surface area contributed by atoms with Gasteiger partial charge in [0.05, 0.1) is 19.6 Å². The van der Waals surface area contributed by atoms with Crippen LogP contribution in [0.25, 0.3) is 0 Å². The van der Waals surface area contributed by atoms with Crippen LogP contribution in [0, 0.1) is 12.8 Å². The van der Waals surface area contributed by atoms with Crippen molar-refractivity contribution < 1.29 is 9.18 Å². The van der Waals surface area contributed by atoms with Crippen LogP contribution in [0.4, 0.5) is 21.8 Å². The van der Waals surface area contributed by atoms with E-state index in [1.54, 1.807) is 0 Å². The fraction of sp³-hybridized carbons (Fsp3) is 0.440. The predicted molar refractivity (Wildman–Crippen MR) is 135 cm³/mol. The van der Waals surface area contributed by atoms with E-state index < -0.39 is 5.67 Å². The van der Waals surface area contributed by atoms with Gasteiger partial charge in [0.15, 0.2) is 16.8 Å². The van der Waals surface area contributed by atoms with Crippen molar-refractivity contribution in [1.29, 1.82) is 0 Å². The monoisotopic (exact) mass is 495 g/mol. The molecule has 3 heterocycles. The van der Waals surface area contributed by atoms with Crippen LogP contribution in [-0.2, 0) is 11.2 Å². The smallest absolute Gasteiger partial charge is 0.196 e. The average molecular weight is 496 g/mol. The van der Waals surface area contributed by atoms with Crippen LogP contribution in [0.1, 0.15) is 24.1 Å². The van der Waals surface area contributed by atoms with Crippen LogP contribution in [0.15, 0.2) is 46.5 Å². The number of aryl methyl sites for hydroxylation is 1. The number of benzene rings is 1. The number of nitrogens with one attached hydrogen (secondary N) is 2. The van der Waals surface area contributed by atoms with Crippen molar-refractivity contribution in [3.8, 4) is 0 Å². The Bertz CT molecular complexity index is 1200. The molecule has 0 unspecified atom stereocenters. The molecule has 2 fully saturated rings. The molecule has 1 aliphatic carbocycles. The zero-order valence-electron chi connectivity index (χ0n) is 20.2. The molecule has 8 nitrogen and oxygen atoms in total. The molecule has 5 rings (SSSR count). The van der Waals surface area contributed by atoms with Crippen molar-refractivity contribution in [2.75, 3.05) is 43.9 Å². The maximum atomic E-state index is 15.0. The first-order valence-electron chi connectivity index (χ1n) is 11.8. The van der Waals surface area contributed by atoms with Gasteiger partial charge in [-0.15, -0.1) is 0 Å². The molecule has 1 saturated heterocycles. The molecule has 0 amide bonds. The highest BCUT2D eigenvalue weighted by molar-refractivity contribution is 7.99. The van der Waals surface area contributed by atoms with Crippen molar-refractivity contribution in [2.24, 2.45) is 5.92 Å². The van der Waals surface area contributed by atoms with Gasteiger partial charge in [-0.05, 0) is 69.2 Å². The molecular weight excluding hydrogens is 465 g/mol. The lowest BCUT2D eigenvalue weighted by molar-refractivity contribution is -0.119. The number of Topliss-reactive ketones (excluding diaryl/α,β-unsaturated/α-hetero) is 1. The van der Waals surface area contributed by atoms with Gasteiger partial charge in [-0.2, -0.15) is 5.10 Å². The zero-order valence-corrected chi connectivity index (χ0v) is 21.0. The molecule has 0 radical (unpaired) electrons. The number of alkyl halides is 1. The van der Waals surface area contributed by atoms with Crippen molar-refractivity contribution in [3.05, 3.63) is 47.7 Å². The molecule has 0 atom stereocenters. The Balaban J connectivity index is 1.32. The van der Waals surface area contributed by atoms with Crippen LogP contribution in [-0.4, -0.2) is 70.2 Å². The lowest BCUT2D eigenvalue weighted by Gasteiger charge is -2.45. The Morgan fingerprint density at radius 1 is 1.20 bits per heavy atom. The molecule has 1 saturated carbocycles. The van der Waals surface area contributed by atoms with Crippen molar-refractivity contribution in [1.82, 2.24) is 25.1 Å². The number of carbonyl (C=O) groups is 1. The number of carbonyl (C=O) groups excluding carboxylic acids is 1. The van der Waals surface area contributed by atoms with Gasteiger partial charge in [-0.25, -0.2) is 14.4 Å². The van der Waals surface area contributed by atoms with Gasteiger partial charge in [-0.1, -0.05) is 12.1 Å². The Hall–Kier alpha value is -2.98. The van der Waals surface area contributed by atoms with Gasteiger partial charge < -0.3 is 15.1 Å². The van der Waals surface area contributed by atoms with Crippen LogP contribution in [0.5, 0.6) is 0 Å². The van der Waals surface area contributed by atoms with E-state index in [1.165, 1.54) is 11.8 Å². The average Bonchev–Trinajstić information content (AvgIpc) is 3.55. The first kappa shape index (κ1) is 23.7. The van der Waals surface area contributed by atoms with E-state index in [0.717, 1.165) is 29.0 Å². The third-order valence-electron chi connectivity index (χ3n) is 6.22. The molecule has 35 heavy (non-hydrogen) atoms. The number of hydrogen-bond acceptors (Lipinski definition) is 8. The summed E-state index contributed by atoms with van der Waals surface area (Å²) < 4.78 is 15.0. The lowest BCUT2D eigenvalue weighted by atomic mass is 9.91. The number of aromatic amines is 1. The van der Waals surface area contributed by atoms with Crippen molar-refractivity contribution in [3.63, 3.8) is 0 Å². The minimum absolute atomic E-state index is 0.181. The summed E-state index contributed by atoms with van der Waals surface area (Å²) in [5.74, 6) is 2.36. The van der Waals surface area contributed by atoms with E-state index in [-0.39, 0.29) is 11.7 Å². The second-order valence-corrected chi connectivity index (χ2v) is 10.9. The number of halogens is 1. The second-order valence-electron chi connectivity index (χ2n) is 9.82. The number of rotatable bonds is 10. The molecule has 184 valence electrons. The largest absolute Gasteiger partial charge is 0.350 e. The van der Waals surface area contributed by atoms with E-state index in [4.69, 9.17) is 4.98 Å². The Kier molecular flexibility index (Phi) is 6.50. The summed E-state index contributed by atoms with van der Waals surface area (Å²) in [4.78, 5) is 26.3. The first-order chi connectivity index (χ1) is 16.8. The van der Waals surface area contributed by atoms with E-state index >= 15 is 0 Å². The van der Waals surface area contributed by atoms with Gasteiger partial charge >= 0.3 is 0 Å². The third-order valence-corrected chi connectivity index (χ3v) is 7.09. The van der Waals surface area contributed by atoms with Crippen molar-refractivity contribution in [2.45, 2.75) is 41.9 Å². The summed E-state index contributed by atoms with van der Waals surface area (Å²) >= 11 is 1.44. The highest BCUT2D eigenvalue weighted by Gasteiger charge is 2.54. The highest BCUT2D eigenvalue weighted by Crippen LogP contribution is 2.48. The quantitative estimate of drug-likeness (QED) is 0.408. The van der Waals surface area contributed by atoms with Crippen molar-refractivity contribution >= 4 is 35.0 Å². The number of likely N-dealkylation sites (N-methyl/N-ethyl adjacent to an activating group) is 1. The SMILES string of the molecule is Cc1cc(Nc2cc(N3CC(F)(C4CC4)C3)nc(Sc3ccc(CC(=O)CN(C)C)cc3)n2)n[nH]1. The van der Waals surface area contributed by atoms with Crippen LogP contribution in [0.3, 0.4) is 0 Å². The summed E-state index contributed by atoms with van der Waals surface area (Å²) in [6.45, 7) is 3.10. The number of anilines is 3. The minimum Gasteiger partial charge on any atom is -0.350 e. The second kappa shape index (κ2) is 9.58. The van der Waals surface area contributed by atoms with Crippen LogP contribution < -0.4 is 10.2 Å². The first-order valence-corrected chi connectivity index (χ1v) is 12.6. The van der Waals surface area contributed by atoms with Gasteiger partial charge in [0, 0.05) is 29.1 Å². The number of aromatic nitrogens is 4. The molecule has 1 aromatic carbocycles. The molecule has 2 N–H and O–H groups in total. The van der Waals surface area contributed by atoms with E-state index in [0.29, 0.717) is 48.7 Å². The number of nitrogens with zero attached hydrogens (tertiary/aromatic N) is 5. The highest BCUT2D eigenvalue weighted by atomic mass is 32.2. The summed E-state index contributed by atoms with van der Waals surface area (Å²) in [6, 6.07) is 11.6. The molecule has 10 heteroatoms. The van der Waals surface area contributed by atoms with Gasteiger partial charge in [0.25, 0.3) is 0 Å². The predicted octanol–water partition coefficient (Wildman–Crippen LogP) is 4.01. The maximum absolute atomic E-state index is 15.0. The molecule has 2 aromatic heterocycles. The third kappa shape index (κ3) is 5.82. The topological polar surface area (TPSA) is 90.0 Å². The summed E-state index contributed by atoms with van der Waals surface area (Å²) in [5, 5.41) is 10.9. The number of ketones is 1. The molecule has 2 aliphatic rings. The minimum atomic E-state index is -1.09. The standard InChI is InChI=1S/C25H30FN7OS/c1-16-10-22(31-30-16)27-21-12-23(33-14-25(26,15-33)18-6-7-18)29-24(28-21)35-20-8-4-17(5-9-20)11-19(34)13-32(2)3/h4-5,8-10,12,18H,6-7,11,13-15H2,1-3H3,(H2,27,28,29,30,31). The Morgan fingerprint density at radius 3 is 2.57 bits per heavy atom. The Labute approximate surface area is 208 Å². The molecule has 1 aliphatic heterocycles. The molecule has 0 bridgehead atoms. The van der Waals surface area contributed by atoms with E-state index in [1.807, 2.05) is 67.2 Å². The maximum Gasteiger partial charge on any atom is 0.196 e.